The number of nitrogens with zero attached hydrogens (tertiary/aromatic N) is 1. The Morgan fingerprint density at radius 1 is 1.07 bits per heavy atom. The molecule has 0 radical (unpaired) electrons. The maximum Gasteiger partial charge on any atom is 0.273 e. The van der Waals surface area contributed by atoms with Gasteiger partial charge >= 0.3 is 0 Å². The monoisotopic (exact) mass is 391 g/mol. The van der Waals surface area contributed by atoms with Crippen molar-refractivity contribution in [3.05, 3.63) is 63.7 Å². The van der Waals surface area contributed by atoms with Crippen LogP contribution in [0, 0.1) is 17.0 Å². The normalized spacial score (nSPS) is 11.9. The molecule has 0 saturated carbocycles. The summed E-state index contributed by atoms with van der Waals surface area (Å²) in [6, 6.07) is 9.86. The molecule has 2 aromatic rings. The lowest BCUT2D eigenvalue weighted by atomic mass is 10.1. The summed E-state index contributed by atoms with van der Waals surface area (Å²) in [5, 5.41) is 13.6. The van der Waals surface area contributed by atoms with Gasteiger partial charge in [0.25, 0.3) is 11.6 Å². The zero-order valence-corrected chi connectivity index (χ0v) is 16.3. The van der Waals surface area contributed by atoms with Crippen molar-refractivity contribution in [1.82, 2.24) is 4.72 Å². The molecule has 0 heterocycles. The summed E-state index contributed by atoms with van der Waals surface area (Å²) in [5.74, 6) is -0.526. The van der Waals surface area contributed by atoms with E-state index in [1.807, 2.05) is 0 Å². The predicted octanol–water partition coefficient (Wildman–Crippen LogP) is 3.23. The fourth-order valence-corrected chi connectivity index (χ4v) is 3.75. The number of carbonyl (C=O) groups is 1. The molecule has 144 valence electrons. The van der Waals surface area contributed by atoms with Crippen LogP contribution in [0.15, 0.2) is 47.4 Å². The van der Waals surface area contributed by atoms with Crippen molar-refractivity contribution in [2.45, 2.75) is 38.1 Å². The Kier molecular flexibility index (Phi) is 5.67. The average Bonchev–Trinajstić information content (AvgIpc) is 2.53. The molecule has 0 aromatic heterocycles. The highest BCUT2D eigenvalue weighted by Crippen LogP contribution is 2.21. The molecule has 0 spiro atoms. The number of sulfonamides is 1. The van der Waals surface area contributed by atoms with Gasteiger partial charge in [-0.25, -0.2) is 13.1 Å². The molecule has 2 N–H and O–H groups in total. The van der Waals surface area contributed by atoms with Crippen molar-refractivity contribution >= 4 is 27.3 Å². The Labute approximate surface area is 157 Å². The first-order valence-electron chi connectivity index (χ1n) is 8.09. The minimum absolute atomic E-state index is 0.0707. The van der Waals surface area contributed by atoms with Crippen LogP contribution in [-0.2, 0) is 10.0 Å². The molecule has 1 amide bonds. The number of aryl methyl sites for hydroxylation is 1. The molecule has 2 aromatic carbocycles. The van der Waals surface area contributed by atoms with Crippen LogP contribution in [0.25, 0.3) is 0 Å². The van der Waals surface area contributed by atoms with Gasteiger partial charge in [0.15, 0.2) is 0 Å². The van der Waals surface area contributed by atoms with Crippen molar-refractivity contribution in [1.29, 1.82) is 0 Å². The van der Waals surface area contributed by atoms with Gasteiger partial charge in [0.1, 0.15) is 0 Å². The molecular weight excluding hydrogens is 370 g/mol. The number of hydrogen-bond acceptors (Lipinski definition) is 5. The molecule has 0 aliphatic heterocycles. The summed E-state index contributed by atoms with van der Waals surface area (Å²) < 4.78 is 27.1. The maximum atomic E-state index is 12.3. The second-order valence-electron chi connectivity index (χ2n) is 7.09. The first-order valence-corrected chi connectivity index (χ1v) is 9.58. The molecule has 0 saturated heterocycles. The molecule has 27 heavy (non-hydrogen) atoms. The highest BCUT2D eigenvalue weighted by molar-refractivity contribution is 7.89. The Morgan fingerprint density at radius 3 is 2.19 bits per heavy atom. The first kappa shape index (κ1) is 20.5. The second-order valence-corrected chi connectivity index (χ2v) is 8.77. The fourth-order valence-electron chi connectivity index (χ4n) is 2.33. The largest absolute Gasteiger partial charge is 0.322 e. The molecule has 0 aliphatic carbocycles. The minimum Gasteiger partial charge on any atom is -0.322 e. The number of nitrogens with one attached hydrogen (secondary N) is 2. The Morgan fingerprint density at radius 2 is 1.67 bits per heavy atom. The van der Waals surface area contributed by atoms with E-state index in [9.17, 15) is 23.3 Å². The van der Waals surface area contributed by atoms with Crippen LogP contribution in [-0.4, -0.2) is 24.8 Å². The summed E-state index contributed by atoms with van der Waals surface area (Å²) >= 11 is 0. The smallest absolute Gasteiger partial charge is 0.273 e. The lowest BCUT2D eigenvalue weighted by molar-refractivity contribution is -0.385. The Bertz CT molecular complexity index is 977. The third-order valence-electron chi connectivity index (χ3n) is 3.53. The van der Waals surface area contributed by atoms with Gasteiger partial charge in [-0.2, -0.15) is 0 Å². The van der Waals surface area contributed by atoms with Crippen LogP contribution in [0.5, 0.6) is 0 Å². The SMILES string of the molecule is Cc1ccc(C(=O)Nc2ccc(S(=O)(=O)NC(C)(C)C)cc2)cc1[N+](=O)[O-]. The predicted molar refractivity (Wildman–Crippen MR) is 102 cm³/mol. The molecule has 9 heteroatoms. The molecule has 0 unspecified atom stereocenters. The van der Waals surface area contributed by atoms with Crippen LogP contribution >= 0.6 is 0 Å². The van der Waals surface area contributed by atoms with Crippen molar-refractivity contribution in [3.8, 4) is 0 Å². The van der Waals surface area contributed by atoms with E-state index in [-0.39, 0.29) is 16.1 Å². The van der Waals surface area contributed by atoms with Crippen molar-refractivity contribution < 1.29 is 18.1 Å². The van der Waals surface area contributed by atoms with Gasteiger partial charge in [0.05, 0.1) is 9.82 Å². The third kappa shape index (κ3) is 5.35. The highest BCUT2D eigenvalue weighted by Gasteiger charge is 2.22. The van der Waals surface area contributed by atoms with Gasteiger partial charge in [-0.1, -0.05) is 6.07 Å². The molecule has 0 fully saturated rings. The van der Waals surface area contributed by atoms with Crippen LogP contribution < -0.4 is 10.0 Å². The second kappa shape index (κ2) is 7.45. The standard InChI is InChI=1S/C18H21N3O5S/c1-12-5-6-13(11-16(12)21(23)24)17(22)19-14-7-9-15(10-8-14)27(25,26)20-18(2,3)4/h5-11,20H,1-4H3,(H,19,22). The molecule has 0 bridgehead atoms. The van der Waals surface area contributed by atoms with Gasteiger partial charge in [-0.3, -0.25) is 14.9 Å². The molecule has 0 atom stereocenters. The average molecular weight is 391 g/mol. The van der Waals surface area contributed by atoms with Gasteiger partial charge in [-0.15, -0.1) is 0 Å². The van der Waals surface area contributed by atoms with Crippen LogP contribution in [0.3, 0.4) is 0 Å². The van der Waals surface area contributed by atoms with E-state index in [0.29, 0.717) is 11.3 Å². The Hall–Kier alpha value is -2.78. The number of benzene rings is 2. The zero-order chi connectivity index (χ0) is 20.4. The number of nitro benzene ring substituents is 1. The maximum absolute atomic E-state index is 12.3. The van der Waals surface area contributed by atoms with Crippen LogP contribution in [0.2, 0.25) is 0 Å². The fraction of sp³-hybridized carbons (Fsp3) is 0.278. The minimum atomic E-state index is -3.67. The van der Waals surface area contributed by atoms with Crippen LogP contribution in [0.4, 0.5) is 11.4 Å². The summed E-state index contributed by atoms with van der Waals surface area (Å²) in [6.07, 6.45) is 0. The van der Waals surface area contributed by atoms with E-state index in [1.165, 1.54) is 42.5 Å². The van der Waals surface area contributed by atoms with E-state index in [2.05, 4.69) is 10.0 Å². The van der Waals surface area contributed by atoms with Crippen molar-refractivity contribution in [2.75, 3.05) is 5.32 Å². The quantitative estimate of drug-likeness (QED) is 0.599. The number of anilines is 1. The molecule has 8 nitrogen and oxygen atoms in total. The van der Waals surface area contributed by atoms with Crippen LogP contribution in [0.1, 0.15) is 36.7 Å². The van der Waals surface area contributed by atoms with Crippen molar-refractivity contribution in [2.24, 2.45) is 0 Å². The van der Waals surface area contributed by atoms with E-state index in [1.54, 1.807) is 27.7 Å². The summed E-state index contributed by atoms with van der Waals surface area (Å²) in [6.45, 7) is 6.80. The zero-order valence-electron chi connectivity index (χ0n) is 15.4. The van der Waals surface area contributed by atoms with Gasteiger partial charge in [-0.05, 0) is 58.0 Å². The number of carbonyl (C=O) groups excluding carboxylic acids is 1. The lowest BCUT2D eigenvalue weighted by Gasteiger charge is -2.20. The summed E-state index contributed by atoms with van der Waals surface area (Å²) in [7, 11) is -3.67. The molecular formula is C18H21N3O5S. The molecule has 2 rings (SSSR count). The van der Waals surface area contributed by atoms with E-state index >= 15 is 0 Å². The van der Waals surface area contributed by atoms with Gasteiger partial charge in [0.2, 0.25) is 10.0 Å². The van der Waals surface area contributed by atoms with Gasteiger partial charge in [0, 0.05) is 28.4 Å². The van der Waals surface area contributed by atoms with Gasteiger partial charge < -0.3 is 5.32 Å². The third-order valence-corrected chi connectivity index (χ3v) is 5.30. The van der Waals surface area contributed by atoms with E-state index < -0.39 is 26.4 Å². The van der Waals surface area contributed by atoms with E-state index in [4.69, 9.17) is 0 Å². The number of hydrogen-bond donors (Lipinski definition) is 2. The van der Waals surface area contributed by atoms with E-state index in [0.717, 1.165) is 0 Å². The number of rotatable bonds is 5. The summed E-state index contributed by atoms with van der Waals surface area (Å²) in [4.78, 5) is 22.8. The summed E-state index contributed by atoms with van der Waals surface area (Å²) in [5.41, 5.74) is 0.206. The van der Waals surface area contributed by atoms with Crippen molar-refractivity contribution in [3.63, 3.8) is 0 Å². The number of nitro groups is 1. The topological polar surface area (TPSA) is 118 Å². The molecule has 0 aliphatic rings. The lowest BCUT2D eigenvalue weighted by Crippen LogP contribution is -2.40. The number of amides is 1. The highest BCUT2D eigenvalue weighted by atomic mass is 32.2. The first-order chi connectivity index (χ1) is 12.4. The Balaban J connectivity index is 2.18.